The molecule has 0 spiro atoms. The molecule has 16 heavy (non-hydrogen) atoms. The Balaban J connectivity index is 2.78. The average molecular weight is 222 g/mol. The third-order valence-electron chi connectivity index (χ3n) is 2.83. The zero-order chi connectivity index (χ0) is 12.0. The fourth-order valence-electron chi connectivity index (χ4n) is 1.91. The predicted octanol–water partition coefficient (Wildman–Crippen LogP) is 1.22. The lowest BCUT2D eigenvalue weighted by Crippen LogP contribution is -2.38. The fraction of sp³-hybridized carbons (Fsp3) is 0.538. The highest BCUT2D eigenvalue weighted by atomic mass is 16.3. The van der Waals surface area contributed by atoms with Crippen molar-refractivity contribution in [1.29, 1.82) is 0 Å². The Labute approximate surface area is 97.7 Å². The largest absolute Gasteiger partial charge is 0.395 e. The molecule has 0 radical (unpaired) electrons. The van der Waals surface area contributed by atoms with Crippen LogP contribution in [-0.2, 0) is 6.42 Å². The third kappa shape index (κ3) is 3.30. The lowest BCUT2D eigenvalue weighted by atomic mass is 9.98. The van der Waals surface area contributed by atoms with Gasteiger partial charge in [-0.25, -0.2) is 0 Å². The molecule has 1 rings (SSSR count). The van der Waals surface area contributed by atoms with Crippen molar-refractivity contribution in [2.45, 2.75) is 31.8 Å². The van der Waals surface area contributed by atoms with E-state index in [1.807, 2.05) is 7.05 Å². The van der Waals surface area contributed by atoms with E-state index in [0.29, 0.717) is 0 Å². The summed E-state index contributed by atoms with van der Waals surface area (Å²) in [6.45, 7) is 2.16. The van der Waals surface area contributed by atoms with Crippen molar-refractivity contribution >= 4 is 0 Å². The summed E-state index contributed by atoms with van der Waals surface area (Å²) in [5.74, 6) is 0. The molecule has 0 heterocycles. The minimum absolute atomic E-state index is 0.0117. The molecule has 0 aliphatic rings. The maximum absolute atomic E-state index is 9.07. The van der Waals surface area contributed by atoms with Gasteiger partial charge in [-0.3, -0.25) is 0 Å². The Morgan fingerprint density at radius 3 is 2.38 bits per heavy atom. The highest BCUT2D eigenvalue weighted by Gasteiger charge is 2.16. The van der Waals surface area contributed by atoms with E-state index in [4.69, 9.17) is 10.8 Å². The van der Waals surface area contributed by atoms with E-state index in [2.05, 4.69) is 36.5 Å². The monoisotopic (exact) mass is 222 g/mol. The smallest absolute Gasteiger partial charge is 0.0601 e. The SMILES string of the molecule is CCCc1ccc(C(NC)C(N)CO)cc1. The van der Waals surface area contributed by atoms with Gasteiger partial charge in [0.05, 0.1) is 6.61 Å². The Hall–Kier alpha value is -0.900. The van der Waals surface area contributed by atoms with E-state index < -0.39 is 0 Å². The second-order valence-electron chi connectivity index (χ2n) is 4.10. The molecule has 0 aliphatic heterocycles. The molecular formula is C13H22N2O. The Morgan fingerprint density at radius 2 is 1.94 bits per heavy atom. The Bertz CT molecular complexity index is 297. The summed E-state index contributed by atoms with van der Waals surface area (Å²) in [7, 11) is 1.86. The van der Waals surface area contributed by atoms with Gasteiger partial charge < -0.3 is 16.2 Å². The normalized spacial score (nSPS) is 14.8. The van der Waals surface area contributed by atoms with E-state index >= 15 is 0 Å². The molecule has 1 aromatic rings. The molecule has 0 aliphatic carbocycles. The topological polar surface area (TPSA) is 58.3 Å². The van der Waals surface area contributed by atoms with E-state index in [1.165, 1.54) is 5.56 Å². The number of hydrogen-bond acceptors (Lipinski definition) is 3. The first-order valence-corrected chi connectivity index (χ1v) is 5.85. The van der Waals surface area contributed by atoms with Gasteiger partial charge in [-0.05, 0) is 24.6 Å². The summed E-state index contributed by atoms with van der Waals surface area (Å²) in [4.78, 5) is 0. The van der Waals surface area contributed by atoms with Crippen LogP contribution in [0.2, 0.25) is 0 Å². The van der Waals surface area contributed by atoms with Crippen LogP contribution < -0.4 is 11.1 Å². The van der Waals surface area contributed by atoms with Crippen LogP contribution in [0.3, 0.4) is 0 Å². The molecule has 0 saturated carbocycles. The van der Waals surface area contributed by atoms with Crippen LogP contribution in [0, 0.1) is 0 Å². The molecule has 0 fully saturated rings. The van der Waals surface area contributed by atoms with Gasteiger partial charge in [0, 0.05) is 12.1 Å². The number of aliphatic hydroxyl groups is 1. The van der Waals surface area contributed by atoms with Gasteiger partial charge in [-0.15, -0.1) is 0 Å². The highest BCUT2D eigenvalue weighted by molar-refractivity contribution is 5.26. The quantitative estimate of drug-likeness (QED) is 0.678. The maximum Gasteiger partial charge on any atom is 0.0601 e. The van der Waals surface area contributed by atoms with Crippen molar-refractivity contribution in [2.75, 3.05) is 13.7 Å². The van der Waals surface area contributed by atoms with E-state index in [-0.39, 0.29) is 18.7 Å². The van der Waals surface area contributed by atoms with Crippen LogP contribution in [0.5, 0.6) is 0 Å². The average Bonchev–Trinajstić information content (AvgIpc) is 2.32. The second kappa shape index (κ2) is 6.63. The minimum atomic E-state index is -0.262. The molecule has 4 N–H and O–H groups in total. The standard InChI is InChI=1S/C13H22N2O/c1-3-4-10-5-7-11(8-6-10)13(15-2)12(14)9-16/h5-8,12-13,15-16H,3-4,9,14H2,1-2H3. The molecule has 90 valence electrons. The lowest BCUT2D eigenvalue weighted by Gasteiger charge is -2.22. The van der Waals surface area contributed by atoms with Crippen molar-refractivity contribution in [3.05, 3.63) is 35.4 Å². The molecule has 0 saturated heterocycles. The summed E-state index contributed by atoms with van der Waals surface area (Å²) in [5, 5.41) is 12.2. The molecule has 3 nitrogen and oxygen atoms in total. The maximum atomic E-state index is 9.07. The van der Waals surface area contributed by atoms with E-state index in [1.54, 1.807) is 0 Å². The van der Waals surface area contributed by atoms with Crippen LogP contribution in [0.25, 0.3) is 0 Å². The van der Waals surface area contributed by atoms with Gasteiger partial charge >= 0.3 is 0 Å². The van der Waals surface area contributed by atoms with Crippen molar-refractivity contribution in [2.24, 2.45) is 5.73 Å². The van der Waals surface area contributed by atoms with Crippen molar-refractivity contribution < 1.29 is 5.11 Å². The van der Waals surface area contributed by atoms with Gasteiger partial charge in [-0.2, -0.15) is 0 Å². The van der Waals surface area contributed by atoms with Crippen molar-refractivity contribution in [1.82, 2.24) is 5.32 Å². The van der Waals surface area contributed by atoms with Crippen LogP contribution in [-0.4, -0.2) is 24.8 Å². The van der Waals surface area contributed by atoms with Gasteiger partial charge in [0.1, 0.15) is 0 Å². The molecule has 0 aromatic heterocycles. The Morgan fingerprint density at radius 1 is 1.31 bits per heavy atom. The van der Waals surface area contributed by atoms with Crippen LogP contribution >= 0.6 is 0 Å². The molecule has 0 amide bonds. The van der Waals surface area contributed by atoms with Crippen molar-refractivity contribution in [3.63, 3.8) is 0 Å². The molecular weight excluding hydrogens is 200 g/mol. The predicted molar refractivity (Wildman–Crippen MR) is 67.3 cm³/mol. The zero-order valence-corrected chi connectivity index (χ0v) is 10.1. The molecule has 0 bridgehead atoms. The number of hydrogen-bond donors (Lipinski definition) is 3. The summed E-state index contributed by atoms with van der Waals surface area (Å²) in [5.41, 5.74) is 8.32. The first-order valence-electron chi connectivity index (χ1n) is 5.85. The van der Waals surface area contributed by atoms with Crippen LogP contribution in [0.1, 0.15) is 30.5 Å². The minimum Gasteiger partial charge on any atom is -0.395 e. The van der Waals surface area contributed by atoms with Gasteiger partial charge in [0.15, 0.2) is 0 Å². The van der Waals surface area contributed by atoms with Crippen LogP contribution in [0.4, 0.5) is 0 Å². The van der Waals surface area contributed by atoms with Gasteiger partial charge in [-0.1, -0.05) is 37.6 Å². The van der Waals surface area contributed by atoms with Gasteiger partial charge in [0.25, 0.3) is 0 Å². The summed E-state index contributed by atoms with van der Waals surface area (Å²) in [6, 6.07) is 8.19. The molecule has 2 unspecified atom stereocenters. The number of nitrogens with one attached hydrogen (secondary N) is 1. The second-order valence-corrected chi connectivity index (χ2v) is 4.10. The number of rotatable bonds is 6. The summed E-state index contributed by atoms with van der Waals surface area (Å²) >= 11 is 0. The van der Waals surface area contributed by atoms with Crippen molar-refractivity contribution in [3.8, 4) is 0 Å². The number of aliphatic hydroxyl groups excluding tert-OH is 1. The van der Waals surface area contributed by atoms with E-state index in [0.717, 1.165) is 18.4 Å². The number of aryl methyl sites for hydroxylation is 1. The Kier molecular flexibility index (Phi) is 5.46. The number of likely N-dealkylation sites (N-methyl/N-ethyl adjacent to an activating group) is 1. The zero-order valence-electron chi connectivity index (χ0n) is 10.1. The third-order valence-corrected chi connectivity index (χ3v) is 2.83. The lowest BCUT2D eigenvalue weighted by molar-refractivity contribution is 0.240. The molecule has 1 aromatic carbocycles. The highest BCUT2D eigenvalue weighted by Crippen LogP contribution is 2.16. The first-order chi connectivity index (χ1) is 7.72. The van der Waals surface area contributed by atoms with E-state index in [9.17, 15) is 0 Å². The fourth-order valence-corrected chi connectivity index (χ4v) is 1.91. The van der Waals surface area contributed by atoms with Crippen LogP contribution in [0.15, 0.2) is 24.3 Å². The summed E-state index contributed by atoms with van der Waals surface area (Å²) < 4.78 is 0. The molecule has 3 heteroatoms. The van der Waals surface area contributed by atoms with Gasteiger partial charge in [0.2, 0.25) is 0 Å². The first kappa shape index (κ1) is 13.2. The summed E-state index contributed by atoms with van der Waals surface area (Å²) in [6.07, 6.45) is 2.27. The molecule has 2 atom stereocenters. The number of nitrogens with two attached hydrogens (primary N) is 1. The number of benzene rings is 1.